The summed E-state index contributed by atoms with van der Waals surface area (Å²) < 4.78 is 5.69. The Hall–Kier alpha value is -1.50. The molecule has 0 radical (unpaired) electrons. The first-order valence-electron chi connectivity index (χ1n) is 4.96. The van der Waals surface area contributed by atoms with Crippen LogP contribution in [0.2, 0.25) is 0 Å². The molecule has 2 rings (SSSR count). The smallest absolute Gasteiger partial charge is 0.134 e. The predicted octanol–water partition coefficient (Wildman–Crippen LogP) is 3.82. The van der Waals surface area contributed by atoms with Crippen LogP contribution in [-0.2, 0) is 6.42 Å². The summed E-state index contributed by atoms with van der Waals surface area (Å²) >= 11 is 0. The lowest BCUT2D eigenvalue weighted by molar-refractivity contribution is 0.544. The van der Waals surface area contributed by atoms with E-state index in [1.54, 1.807) is 0 Å². The molecule has 0 aliphatic rings. The van der Waals surface area contributed by atoms with E-state index in [0.717, 1.165) is 23.5 Å². The van der Waals surface area contributed by atoms with Crippen LogP contribution < -0.4 is 0 Å². The Morgan fingerprint density at radius 3 is 2.43 bits per heavy atom. The molecule has 1 aromatic carbocycles. The van der Waals surface area contributed by atoms with E-state index >= 15 is 0 Å². The van der Waals surface area contributed by atoms with Crippen molar-refractivity contribution < 1.29 is 4.42 Å². The third kappa shape index (κ3) is 1.58. The number of furan rings is 1. The summed E-state index contributed by atoms with van der Waals surface area (Å²) in [4.78, 5) is 0. The molecule has 1 aromatic heterocycles. The molecule has 0 saturated carbocycles. The van der Waals surface area contributed by atoms with E-state index in [1.165, 1.54) is 5.56 Å². The molecule has 0 N–H and O–H groups in total. The molecule has 0 amide bonds. The summed E-state index contributed by atoms with van der Waals surface area (Å²) in [6.45, 7) is 4.16. The zero-order valence-electron chi connectivity index (χ0n) is 8.58. The van der Waals surface area contributed by atoms with Gasteiger partial charge in [-0.3, -0.25) is 0 Å². The molecule has 0 atom stereocenters. The molecule has 1 heteroatoms. The van der Waals surface area contributed by atoms with Crippen LogP contribution in [0.4, 0.5) is 0 Å². The fourth-order valence-corrected chi connectivity index (χ4v) is 1.62. The predicted molar refractivity (Wildman–Crippen MR) is 58.3 cm³/mol. The molecule has 72 valence electrons. The lowest BCUT2D eigenvalue weighted by Crippen LogP contribution is -1.75. The largest absolute Gasteiger partial charge is 0.461 e. The monoisotopic (exact) mass is 186 g/mol. The maximum atomic E-state index is 5.69. The maximum Gasteiger partial charge on any atom is 0.134 e. The van der Waals surface area contributed by atoms with Gasteiger partial charge in [-0.1, -0.05) is 37.3 Å². The highest BCUT2D eigenvalue weighted by molar-refractivity contribution is 5.58. The second kappa shape index (κ2) is 3.70. The van der Waals surface area contributed by atoms with Crippen molar-refractivity contribution in [3.63, 3.8) is 0 Å². The molecular formula is C13H14O. The van der Waals surface area contributed by atoms with Crippen molar-refractivity contribution in [1.82, 2.24) is 0 Å². The van der Waals surface area contributed by atoms with Crippen molar-refractivity contribution in [3.05, 3.63) is 47.7 Å². The second-order valence-corrected chi connectivity index (χ2v) is 3.41. The van der Waals surface area contributed by atoms with Gasteiger partial charge in [0.15, 0.2) is 0 Å². The van der Waals surface area contributed by atoms with E-state index in [2.05, 4.69) is 25.1 Å². The van der Waals surface area contributed by atoms with Crippen molar-refractivity contribution in [2.75, 3.05) is 0 Å². The Bertz CT molecular complexity index is 412. The van der Waals surface area contributed by atoms with E-state index < -0.39 is 0 Å². The molecule has 0 spiro atoms. The van der Waals surface area contributed by atoms with Gasteiger partial charge in [0, 0.05) is 5.56 Å². The van der Waals surface area contributed by atoms with Crippen LogP contribution in [0, 0.1) is 6.92 Å². The van der Waals surface area contributed by atoms with Gasteiger partial charge in [-0.25, -0.2) is 0 Å². The molecule has 14 heavy (non-hydrogen) atoms. The zero-order chi connectivity index (χ0) is 9.97. The number of aryl methyl sites for hydroxylation is 2. The van der Waals surface area contributed by atoms with Crippen molar-refractivity contribution in [2.45, 2.75) is 20.3 Å². The van der Waals surface area contributed by atoms with Gasteiger partial charge in [-0.05, 0) is 25.0 Å². The molecule has 0 bridgehead atoms. The molecule has 2 aromatic rings. The van der Waals surface area contributed by atoms with Gasteiger partial charge in [0.25, 0.3) is 0 Å². The average Bonchev–Trinajstić information content (AvgIpc) is 2.61. The van der Waals surface area contributed by atoms with Crippen LogP contribution in [0.15, 0.2) is 40.8 Å². The van der Waals surface area contributed by atoms with Gasteiger partial charge in [-0.15, -0.1) is 0 Å². The van der Waals surface area contributed by atoms with Crippen LogP contribution in [0.1, 0.15) is 18.2 Å². The van der Waals surface area contributed by atoms with Crippen LogP contribution in [0.25, 0.3) is 11.3 Å². The van der Waals surface area contributed by atoms with E-state index in [-0.39, 0.29) is 0 Å². The molecule has 0 fully saturated rings. The topological polar surface area (TPSA) is 13.1 Å². The summed E-state index contributed by atoms with van der Waals surface area (Å²) in [6, 6.07) is 12.3. The van der Waals surface area contributed by atoms with Crippen molar-refractivity contribution >= 4 is 0 Å². The first-order valence-corrected chi connectivity index (χ1v) is 4.96. The Kier molecular flexibility index (Phi) is 2.40. The summed E-state index contributed by atoms with van der Waals surface area (Å²) in [7, 11) is 0. The van der Waals surface area contributed by atoms with E-state index in [4.69, 9.17) is 4.42 Å². The fraction of sp³-hybridized carbons (Fsp3) is 0.231. The van der Waals surface area contributed by atoms with Crippen molar-refractivity contribution in [3.8, 4) is 11.3 Å². The Labute approximate surface area is 84.4 Å². The first-order chi connectivity index (χ1) is 6.81. The maximum absolute atomic E-state index is 5.69. The van der Waals surface area contributed by atoms with E-state index in [9.17, 15) is 0 Å². The summed E-state index contributed by atoms with van der Waals surface area (Å²) in [6.07, 6.45) is 1.03. The van der Waals surface area contributed by atoms with Crippen LogP contribution in [0.3, 0.4) is 0 Å². The molecule has 1 heterocycles. The Morgan fingerprint density at radius 1 is 1.14 bits per heavy atom. The lowest BCUT2D eigenvalue weighted by atomic mass is 10.1. The zero-order valence-corrected chi connectivity index (χ0v) is 8.58. The summed E-state index contributed by atoms with van der Waals surface area (Å²) in [5.41, 5.74) is 2.44. The quantitative estimate of drug-likeness (QED) is 0.695. The molecule has 0 unspecified atom stereocenters. The van der Waals surface area contributed by atoms with Crippen LogP contribution in [0.5, 0.6) is 0 Å². The number of hydrogen-bond donors (Lipinski definition) is 0. The van der Waals surface area contributed by atoms with Gasteiger partial charge >= 0.3 is 0 Å². The third-order valence-corrected chi connectivity index (χ3v) is 2.46. The minimum absolute atomic E-state index is 0.972. The van der Waals surface area contributed by atoms with E-state index in [0.29, 0.717) is 0 Å². The van der Waals surface area contributed by atoms with Gasteiger partial charge in [0.05, 0.1) is 0 Å². The Balaban J connectivity index is 2.43. The Morgan fingerprint density at radius 2 is 1.86 bits per heavy atom. The highest BCUT2D eigenvalue weighted by Crippen LogP contribution is 2.25. The number of benzene rings is 1. The fourth-order valence-electron chi connectivity index (χ4n) is 1.62. The molecule has 0 aliphatic carbocycles. The van der Waals surface area contributed by atoms with E-state index in [1.807, 2.05) is 25.1 Å². The van der Waals surface area contributed by atoms with Gasteiger partial charge in [0.1, 0.15) is 11.5 Å². The van der Waals surface area contributed by atoms with Crippen molar-refractivity contribution in [1.29, 1.82) is 0 Å². The summed E-state index contributed by atoms with van der Waals surface area (Å²) in [5, 5.41) is 0. The van der Waals surface area contributed by atoms with Gasteiger partial charge < -0.3 is 4.42 Å². The summed E-state index contributed by atoms with van der Waals surface area (Å²) in [5.74, 6) is 2.01. The second-order valence-electron chi connectivity index (χ2n) is 3.41. The third-order valence-electron chi connectivity index (χ3n) is 2.46. The number of rotatable bonds is 2. The highest BCUT2D eigenvalue weighted by Gasteiger charge is 2.06. The van der Waals surface area contributed by atoms with Gasteiger partial charge in [-0.2, -0.15) is 0 Å². The van der Waals surface area contributed by atoms with Crippen LogP contribution >= 0.6 is 0 Å². The molecule has 1 nitrogen and oxygen atoms in total. The number of hydrogen-bond acceptors (Lipinski definition) is 1. The first kappa shape index (κ1) is 9.07. The van der Waals surface area contributed by atoms with Crippen molar-refractivity contribution in [2.24, 2.45) is 0 Å². The average molecular weight is 186 g/mol. The SMILES string of the molecule is CCc1cc(-c2ccccc2)oc1C. The van der Waals surface area contributed by atoms with Gasteiger partial charge in [0.2, 0.25) is 0 Å². The van der Waals surface area contributed by atoms with Crippen LogP contribution in [-0.4, -0.2) is 0 Å². The standard InChI is InChI=1S/C13H14O/c1-3-11-9-13(14-10(11)2)12-7-5-4-6-8-12/h4-9H,3H2,1-2H3. The molecule has 0 saturated heterocycles. The minimum Gasteiger partial charge on any atom is -0.461 e. The highest BCUT2D eigenvalue weighted by atomic mass is 16.3. The molecule has 0 aliphatic heterocycles. The molecular weight excluding hydrogens is 172 g/mol. The minimum atomic E-state index is 0.972. The normalized spacial score (nSPS) is 10.4. The lowest BCUT2D eigenvalue weighted by Gasteiger charge is -1.93.